The average molecular weight is 325 g/mol. The summed E-state index contributed by atoms with van der Waals surface area (Å²) >= 11 is 12.3. The third kappa shape index (κ3) is 2.93. The van der Waals surface area contributed by atoms with E-state index in [2.05, 4.69) is 17.6 Å². The van der Waals surface area contributed by atoms with E-state index in [1.165, 1.54) is 37.6 Å². The van der Waals surface area contributed by atoms with E-state index in [-0.39, 0.29) is 0 Å². The number of aromatic nitrogens is 2. The number of rotatable bonds is 3. The van der Waals surface area contributed by atoms with E-state index >= 15 is 0 Å². The van der Waals surface area contributed by atoms with Crippen LogP contribution in [-0.2, 0) is 6.42 Å². The summed E-state index contributed by atoms with van der Waals surface area (Å²) < 4.78 is 2.43. The van der Waals surface area contributed by atoms with Crippen LogP contribution >= 0.6 is 23.2 Å². The molecule has 0 bridgehead atoms. The summed E-state index contributed by atoms with van der Waals surface area (Å²) in [5.41, 5.74) is 2.09. The molecule has 2 unspecified atom stereocenters. The largest absolute Gasteiger partial charge is 0.325 e. The van der Waals surface area contributed by atoms with Gasteiger partial charge in [-0.2, -0.15) is 0 Å². The van der Waals surface area contributed by atoms with Gasteiger partial charge in [-0.1, -0.05) is 43.9 Å². The first-order valence-corrected chi connectivity index (χ1v) is 8.85. The van der Waals surface area contributed by atoms with Gasteiger partial charge in [0.15, 0.2) is 0 Å². The first kappa shape index (κ1) is 15.2. The van der Waals surface area contributed by atoms with Crippen molar-refractivity contribution in [2.45, 2.75) is 51.5 Å². The predicted octanol–water partition coefficient (Wildman–Crippen LogP) is 5.61. The van der Waals surface area contributed by atoms with Crippen molar-refractivity contribution in [1.82, 2.24) is 9.55 Å². The number of hydrogen-bond donors (Lipinski definition) is 0. The van der Waals surface area contributed by atoms with Crippen LogP contribution in [0.15, 0.2) is 18.2 Å². The molecule has 3 rings (SSSR count). The van der Waals surface area contributed by atoms with Crippen LogP contribution in [0.25, 0.3) is 11.0 Å². The van der Waals surface area contributed by atoms with Crippen molar-refractivity contribution in [3.8, 4) is 0 Å². The van der Waals surface area contributed by atoms with Gasteiger partial charge in [-0.05, 0) is 30.9 Å². The molecule has 1 fully saturated rings. The highest BCUT2D eigenvalue weighted by atomic mass is 35.5. The lowest BCUT2D eigenvalue weighted by molar-refractivity contribution is 0.333. The maximum Gasteiger partial charge on any atom is 0.111 e. The Morgan fingerprint density at radius 2 is 2.05 bits per heavy atom. The number of para-hydroxylation sites is 1. The van der Waals surface area contributed by atoms with Crippen LogP contribution in [0.2, 0.25) is 5.02 Å². The Balaban J connectivity index is 2.14. The molecule has 0 N–H and O–H groups in total. The molecule has 0 saturated heterocycles. The molecule has 1 aliphatic rings. The maximum absolute atomic E-state index is 6.34. The molecule has 1 heterocycles. The molecule has 1 aromatic heterocycles. The van der Waals surface area contributed by atoms with Crippen LogP contribution < -0.4 is 0 Å². The maximum atomic E-state index is 6.34. The molecule has 0 spiro atoms. The van der Waals surface area contributed by atoms with Gasteiger partial charge in [0.25, 0.3) is 0 Å². The highest BCUT2D eigenvalue weighted by Crippen LogP contribution is 2.37. The Bertz CT molecular complexity index is 621. The Labute approximate surface area is 136 Å². The van der Waals surface area contributed by atoms with Crippen molar-refractivity contribution >= 4 is 34.2 Å². The summed E-state index contributed by atoms with van der Waals surface area (Å²) in [6, 6.07) is 6.61. The minimum Gasteiger partial charge on any atom is -0.325 e. The molecule has 0 aliphatic heterocycles. The molecule has 2 atom stereocenters. The summed E-state index contributed by atoms with van der Waals surface area (Å²) in [6.45, 7) is 2.37. The van der Waals surface area contributed by atoms with Crippen molar-refractivity contribution < 1.29 is 0 Å². The molecule has 21 heavy (non-hydrogen) atoms. The second-order valence-electron chi connectivity index (χ2n) is 6.13. The van der Waals surface area contributed by atoms with Crippen LogP contribution in [0.3, 0.4) is 0 Å². The first-order valence-electron chi connectivity index (χ1n) is 7.93. The number of imidazole rings is 1. The number of halogens is 2. The molecule has 114 valence electrons. The Hall–Kier alpha value is -0.730. The third-order valence-electron chi connectivity index (χ3n) is 4.71. The lowest BCUT2D eigenvalue weighted by Crippen LogP contribution is -2.18. The molecule has 4 heteroatoms. The van der Waals surface area contributed by atoms with Gasteiger partial charge in [0.05, 0.1) is 10.5 Å². The minimum atomic E-state index is 0.522. The average Bonchev–Trinajstić information content (AvgIpc) is 2.69. The van der Waals surface area contributed by atoms with Gasteiger partial charge >= 0.3 is 0 Å². The zero-order valence-electron chi connectivity index (χ0n) is 12.5. The molecule has 1 saturated carbocycles. The SMILES string of the molecule is CC1CCCCCC1n1c(CCCl)nc2c(Cl)cccc21. The molecular formula is C17H22Cl2N2. The Kier molecular flexibility index (Phi) is 4.75. The fourth-order valence-corrected chi connectivity index (χ4v) is 4.00. The molecule has 1 aromatic carbocycles. The summed E-state index contributed by atoms with van der Waals surface area (Å²) in [6.07, 6.45) is 7.32. The van der Waals surface area contributed by atoms with Crippen LogP contribution in [0.4, 0.5) is 0 Å². The van der Waals surface area contributed by atoms with Crippen LogP contribution in [-0.4, -0.2) is 15.4 Å². The van der Waals surface area contributed by atoms with Gasteiger partial charge in [-0.3, -0.25) is 0 Å². The lowest BCUT2D eigenvalue weighted by atomic mass is 9.96. The number of benzene rings is 1. The van der Waals surface area contributed by atoms with E-state index < -0.39 is 0 Å². The van der Waals surface area contributed by atoms with Crippen molar-refractivity contribution in [2.75, 3.05) is 5.88 Å². The zero-order valence-corrected chi connectivity index (χ0v) is 14.0. The number of hydrogen-bond acceptors (Lipinski definition) is 1. The standard InChI is InChI=1S/C17H22Cl2N2/c1-12-6-3-2-4-8-14(12)21-15-9-5-7-13(19)17(15)20-16(21)10-11-18/h5,7,9,12,14H,2-4,6,8,10-11H2,1H3. The summed E-state index contributed by atoms with van der Waals surface area (Å²) in [5, 5.41) is 0.739. The highest BCUT2D eigenvalue weighted by Gasteiger charge is 2.26. The smallest absolute Gasteiger partial charge is 0.111 e. The number of aryl methyl sites for hydroxylation is 1. The predicted molar refractivity (Wildman–Crippen MR) is 90.5 cm³/mol. The van der Waals surface area contributed by atoms with Gasteiger partial charge in [0, 0.05) is 18.3 Å². The quantitative estimate of drug-likeness (QED) is 0.529. The van der Waals surface area contributed by atoms with Gasteiger partial charge in [-0.15, -0.1) is 11.6 Å². The first-order chi connectivity index (χ1) is 10.2. The number of alkyl halides is 1. The lowest BCUT2D eigenvalue weighted by Gasteiger charge is -2.26. The van der Waals surface area contributed by atoms with E-state index in [0.29, 0.717) is 17.8 Å². The topological polar surface area (TPSA) is 17.8 Å². The Morgan fingerprint density at radius 1 is 1.24 bits per heavy atom. The van der Waals surface area contributed by atoms with Crippen LogP contribution in [0.1, 0.15) is 50.9 Å². The molecule has 0 amide bonds. The Morgan fingerprint density at radius 3 is 2.86 bits per heavy atom. The van der Waals surface area contributed by atoms with Crippen molar-refractivity contribution in [3.05, 3.63) is 29.0 Å². The molecule has 1 aliphatic carbocycles. The van der Waals surface area contributed by atoms with Crippen molar-refractivity contribution in [2.24, 2.45) is 5.92 Å². The summed E-state index contributed by atoms with van der Waals surface area (Å²) in [4.78, 5) is 4.79. The van der Waals surface area contributed by atoms with Gasteiger partial charge < -0.3 is 4.57 Å². The fourth-order valence-electron chi connectivity index (χ4n) is 3.62. The number of nitrogens with zero attached hydrogens (tertiary/aromatic N) is 2. The van der Waals surface area contributed by atoms with Crippen molar-refractivity contribution in [1.29, 1.82) is 0 Å². The van der Waals surface area contributed by atoms with Crippen LogP contribution in [0.5, 0.6) is 0 Å². The van der Waals surface area contributed by atoms with E-state index in [9.17, 15) is 0 Å². The molecular weight excluding hydrogens is 303 g/mol. The molecule has 0 radical (unpaired) electrons. The van der Waals surface area contributed by atoms with E-state index in [0.717, 1.165) is 22.8 Å². The zero-order chi connectivity index (χ0) is 14.8. The minimum absolute atomic E-state index is 0.522. The van der Waals surface area contributed by atoms with E-state index in [1.54, 1.807) is 0 Å². The number of fused-ring (bicyclic) bond motifs is 1. The second-order valence-corrected chi connectivity index (χ2v) is 6.91. The normalized spacial score (nSPS) is 23.4. The highest BCUT2D eigenvalue weighted by molar-refractivity contribution is 6.34. The van der Waals surface area contributed by atoms with E-state index in [4.69, 9.17) is 28.2 Å². The monoisotopic (exact) mass is 324 g/mol. The summed E-state index contributed by atoms with van der Waals surface area (Å²) in [7, 11) is 0. The van der Waals surface area contributed by atoms with E-state index in [1.807, 2.05) is 12.1 Å². The molecule has 2 aromatic rings. The fraction of sp³-hybridized carbons (Fsp3) is 0.588. The van der Waals surface area contributed by atoms with Gasteiger partial charge in [0.1, 0.15) is 11.3 Å². The third-order valence-corrected chi connectivity index (χ3v) is 5.20. The second kappa shape index (κ2) is 6.58. The van der Waals surface area contributed by atoms with Gasteiger partial charge in [0.2, 0.25) is 0 Å². The molecule has 2 nitrogen and oxygen atoms in total. The summed E-state index contributed by atoms with van der Waals surface area (Å²) in [5.74, 6) is 2.37. The van der Waals surface area contributed by atoms with Gasteiger partial charge in [-0.25, -0.2) is 4.98 Å². The van der Waals surface area contributed by atoms with Crippen LogP contribution in [0, 0.1) is 5.92 Å². The van der Waals surface area contributed by atoms with Crippen molar-refractivity contribution in [3.63, 3.8) is 0 Å².